The standard InChI is InChI=1S/C27H31BrN4O3/c1-16(2)23(31(3)26(34)35-4)25(33)32-15-27(9-10-27)13-22(32)24-29-14-21(30-24)19-6-5-18-12-20(28)8-7-17(18)11-19/h5-8,11-12,14,16,22-23H,9-10,13,15H2,1-4H3,(H,29,30)/t22-,23-/m0/s1. The highest BCUT2D eigenvalue weighted by atomic mass is 79.9. The lowest BCUT2D eigenvalue weighted by Gasteiger charge is -2.34. The van der Waals surface area contributed by atoms with Crippen molar-refractivity contribution in [3.63, 3.8) is 0 Å². The fourth-order valence-corrected chi connectivity index (χ4v) is 5.81. The molecule has 2 aromatic carbocycles. The molecular formula is C27H31BrN4O3. The maximum Gasteiger partial charge on any atom is 0.409 e. The average Bonchev–Trinajstić information content (AvgIpc) is 3.24. The number of amides is 2. The molecule has 1 aromatic heterocycles. The zero-order chi connectivity index (χ0) is 24.9. The van der Waals surface area contributed by atoms with Gasteiger partial charge >= 0.3 is 6.09 Å². The summed E-state index contributed by atoms with van der Waals surface area (Å²) >= 11 is 3.53. The van der Waals surface area contributed by atoms with Gasteiger partial charge in [-0.1, -0.05) is 48.0 Å². The first-order valence-electron chi connectivity index (χ1n) is 12.1. The van der Waals surface area contributed by atoms with E-state index in [0.29, 0.717) is 6.54 Å². The highest BCUT2D eigenvalue weighted by Gasteiger charge is 2.55. The molecule has 2 heterocycles. The van der Waals surface area contributed by atoms with Crippen LogP contribution in [0.4, 0.5) is 4.79 Å². The molecule has 35 heavy (non-hydrogen) atoms. The number of aromatic nitrogens is 2. The van der Waals surface area contributed by atoms with Gasteiger partial charge in [0.2, 0.25) is 5.91 Å². The molecule has 2 fully saturated rings. The van der Waals surface area contributed by atoms with Crippen molar-refractivity contribution in [2.24, 2.45) is 11.3 Å². The molecule has 1 spiro atoms. The zero-order valence-corrected chi connectivity index (χ0v) is 22.1. The highest BCUT2D eigenvalue weighted by Crippen LogP contribution is 2.58. The van der Waals surface area contributed by atoms with Gasteiger partial charge in [0.05, 0.1) is 25.0 Å². The molecule has 2 aliphatic rings. The molecule has 7 nitrogen and oxygen atoms in total. The van der Waals surface area contributed by atoms with Crippen LogP contribution in [0.2, 0.25) is 0 Å². The van der Waals surface area contributed by atoms with E-state index in [2.05, 4.69) is 51.2 Å². The molecule has 1 saturated carbocycles. The van der Waals surface area contributed by atoms with Crippen molar-refractivity contribution in [3.05, 3.63) is 52.9 Å². The van der Waals surface area contributed by atoms with Gasteiger partial charge in [0.1, 0.15) is 11.9 Å². The summed E-state index contributed by atoms with van der Waals surface area (Å²) in [5, 5.41) is 2.32. The lowest BCUT2D eigenvalue weighted by molar-refractivity contribution is -0.138. The van der Waals surface area contributed by atoms with E-state index in [1.54, 1.807) is 7.05 Å². The second-order valence-corrected chi connectivity index (χ2v) is 11.3. The molecule has 184 valence electrons. The van der Waals surface area contributed by atoms with Crippen LogP contribution in [0.5, 0.6) is 0 Å². The summed E-state index contributed by atoms with van der Waals surface area (Å²) in [5.41, 5.74) is 2.16. The van der Waals surface area contributed by atoms with Gasteiger partial charge in [-0.15, -0.1) is 0 Å². The Kier molecular flexibility index (Phi) is 6.11. The van der Waals surface area contributed by atoms with E-state index in [4.69, 9.17) is 9.72 Å². The number of fused-ring (bicyclic) bond motifs is 1. The summed E-state index contributed by atoms with van der Waals surface area (Å²) in [7, 11) is 2.98. The topological polar surface area (TPSA) is 78.5 Å². The van der Waals surface area contributed by atoms with Gasteiger partial charge in [0.25, 0.3) is 0 Å². The Hall–Kier alpha value is -2.87. The quantitative estimate of drug-likeness (QED) is 0.447. The van der Waals surface area contributed by atoms with E-state index < -0.39 is 12.1 Å². The molecule has 2 amide bonds. The van der Waals surface area contributed by atoms with Crippen LogP contribution in [0.3, 0.4) is 0 Å². The van der Waals surface area contributed by atoms with Crippen LogP contribution in [0, 0.1) is 11.3 Å². The van der Waals surface area contributed by atoms with Gasteiger partial charge in [-0.2, -0.15) is 0 Å². The molecule has 5 rings (SSSR count). The molecule has 0 bridgehead atoms. The third-order valence-corrected chi connectivity index (χ3v) is 8.03. The molecule has 1 aliphatic heterocycles. The van der Waals surface area contributed by atoms with Crippen molar-refractivity contribution in [1.29, 1.82) is 0 Å². The van der Waals surface area contributed by atoms with Crippen LogP contribution in [-0.4, -0.2) is 58.5 Å². The fraction of sp³-hybridized carbons (Fsp3) is 0.444. The number of halogens is 1. The van der Waals surface area contributed by atoms with Crippen LogP contribution >= 0.6 is 15.9 Å². The summed E-state index contributed by atoms with van der Waals surface area (Å²) in [6.07, 6.45) is 4.50. The number of methoxy groups -OCH3 is 1. The molecular weight excluding hydrogens is 508 g/mol. The molecule has 1 N–H and O–H groups in total. The summed E-state index contributed by atoms with van der Waals surface area (Å²) in [4.78, 5) is 37.7. The molecule has 1 saturated heterocycles. The van der Waals surface area contributed by atoms with Crippen LogP contribution in [0.1, 0.15) is 45.0 Å². The Bertz CT molecular complexity index is 1280. The number of likely N-dealkylation sites (tertiary alicyclic amines) is 1. The molecule has 8 heteroatoms. The van der Waals surface area contributed by atoms with E-state index in [1.807, 2.05) is 31.0 Å². The Morgan fingerprint density at radius 1 is 1.20 bits per heavy atom. The minimum Gasteiger partial charge on any atom is -0.453 e. The second kappa shape index (κ2) is 8.97. The Morgan fingerprint density at radius 2 is 1.91 bits per heavy atom. The third kappa shape index (κ3) is 4.44. The van der Waals surface area contributed by atoms with Crippen molar-refractivity contribution >= 4 is 38.7 Å². The number of carbonyl (C=O) groups is 2. The maximum atomic E-state index is 13.8. The number of nitrogens with one attached hydrogen (secondary N) is 1. The van der Waals surface area contributed by atoms with Gasteiger partial charge in [0, 0.05) is 23.6 Å². The Morgan fingerprint density at radius 3 is 2.60 bits per heavy atom. The van der Waals surface area contributed by atoms with Crippen molar-refractivity contribution in [2.45, 2.75) is 45.2 Å². The van der Waals surface area contributed by atoms with Crippen LogP contribution in [0.25, 0.3) is 22.0 Å². The number of hydrogen-bond acceptors (Lipinski definition) is 4. The van der Waals surface area contributed by atoms with Gasteiger partial charge < -0.3 is 14.6 Å². The lowest BCUT2D eigenvalue weighted by atomic mass is 10.0. The number of imidazole rings is 1. The van der Waals surface area contributed by atoms with Gasteiger partial charge in [-0.25, -0.2) is 9.78 Å². The largest absolute Gasteiger partial charge is 0.453 e. The first kappa shape index (κ1) is 23.9. The Balaban J connectivity index is 1.44. The first-order chi connectivity index (χ1) is 16.7. The van der Waals surface area contributed by atoms with E-state index in [0.717, 1.165) is 46.2 Å². The highest BCUT2D eigenvalue weighted by molar-refractivity contribution is 9.10. The van der Waals surface area contributed by atoms with Crippen LogP contribution < -0.4 is 0 Å². The van der Waals surface area contributed by atoms with Crippen molar-refractivity contribution in [3.8, 4) is 11.3 Å². The number of likely N-dealkylation sites (N-methyl/N-ethyl adjacent to an activating group) is 1. The van der Waals surface area contributed by atoms with Gasteiger partial charge in [-0.3, -0.25) is 9.69 Å². The van der Waals surface area contributed by atoms with Gasteiger partial charge in [0.15, 0.2) is 0 Å². The Labute approximate surface area is 214 Å². The molecule has 0 unspecified atom stereocenters. The molecule has 2 atom stereocenters. The van der Waals surface area contributed by atoms with Crippen LogP contribution in [0.15, 0.2) is 47.1 Å². The minimum absolute atomic E-state index is 0.0455. The summed E-state index contributed by atoms with van der Waals surface area (Å²) in [5.74, 6) is 0.708. The zero-order valence-electron chi connectivity index (χ0n) is 20.5. The number of H-pyrrole nitrogens is 1. The smallest absolute Gasteiger partial charge is 0.409 e. The van der Waals surface area contributed by atoms with E-state index >= 15 is 0 Å². The monoisotopic (exact) mass is 538 g/mol. The van der Waals surface area contributed by atoms with Crippen molar-refractivity contribution in [2.75, 3.05) is 20.7 Å². The van der Waals surface area contributed by atoms with Gasteiger partial charge in [-0.05, 0) is 59.6 Å². The van der Waals surface area contributed by atoms with Crippen molar-refractivity contribution in [1.82, 2.24) is 19.8 Å². The second-order valence-electron chi connectivity index (χ2n) is 10.3. The number of aromatic amines is 1. The molecule has 0 radical (unpaired) electrons. The number of rotatable bonds is 5. The van der Waals surface area contributed by atoms with E-state index in [9.17, 15) is 9.59 Å². The van der Waals surface area contributed by atoms with Crippen molar-refractivity contribution < 1.29 is 14.3 Å². The fourth-order valence-electron chi connectivity index (χ4n) is 5.43. The molecule has 3 aromatic rings. The first-order valence-corrected chi connectivity index (χ1v) is 12.9. The lowest BCUT2D eigenvalue weighted by Crippen LogP contribution is -2.52. The number of nitrogens with zero attached hydrogens (tertiary/aromatic N) is 3. The molecule has 1 aliphatic carbocycles. The summed E-state index contributed by atoms with van der Waals surface area (Å²) in [6, 6.07) is 11.9. The van der Waals surface area contributed by atoms with Crippen LogP contribution in [-0.2, 0) is 9.53 Å². The number of ether oxygens (including phenoxy) is 1. The third-order valence-electron chi connectivity index (χ3n) is 7.54. The van der Waals surface area contributed by atoms with E-state index in [1.165, 1.54) is 17.4 Å². The summed E-state index contributed by atoms with van der Waals surface area (Å²) < 4.78 is 5.96. The minimum atomic E-state index is -0.590. The maximum absolute atomic E-state index is 13.8. The number of carbonyl (C=O) groups excluding carboxylic acids is 2. The summed E-state index contributed by atoms with van der Waals surface area (Å²) in [6.45, 7) is 4.63. The number of hydrogen-bond donors (Lipinski definition) is 1. The van der Waals surface area contributed by atoms with E-state index in [-0.39, 0.29) is 23.3 Å². The predicted octanol–water partition coefficient (Wildman–Crippen LogP) is 5.77. The SMILES string of the molecule is COC(=O)N(C)[C@H](C(=O)N1CC2(CC2)C[C@H]1c1ncc(-c2ccc3cc(Br)ccc3c2)[nH]1)C(C)C. The average molecular weight is 539 g/mol. The normalized spacial score (nSPS) is 19.4. The predicted molar refractivity (Wildman–Crippen MR) is 139 cm³/mol. The number of benzene rings is 2.